The van der Waals surface area contributed by atoms with Crippen LogP contribution in [0, 0.1) is 0 Å². The summed E-state index contributed by atoms with van der Waals surface area (Å²) in [5.74, 6) is 0.506. The molecule has 1 heterocycles. The molecule has 0 aliphatic heterocycles. The lowest BCUT2D eigenvalue weighted by molar-refractivity contribution is -0.130. The second-order valence-electron chi connectivity index (χ2n) is 4.39. The molecule has 0 saturated carbocycles. The smallest absolute Gasteiger partial charge is 0.323 e. The first-order chi connectivity index (χ1) is 10.1. The van der Waals surface area contributed by atoms with E-state index in [0.29, 0.717) is 38.6 Å². The Morgan fingerprint density at radius 1 is 1.24 bits per heavy atom. The number of nitrogens with one attached hydrogen (secondary N) is 1. The standard InChI is InChI=1S/C13H24N6O2/c1-4-9-21-13-17-11(14)16-12(18-13)15-8-7-10(20)19(5-2)6-3/h4-9H2,1-3H3,(H3,14,15,16,17,18). The molecule has 0 aromatic carbocycles. The van der Waals surface area contributed by atoms with Gasteiger partial charge in [-0.2, -0.15) is 15.0 Å². The van der Waals surface area contributed by atoms with Crippen molar-refractivity contribution in [1.29, 1.82) is 0 Å². The number of anilines is 2. The summed E-state index contributed by atoms with van der Waals surface area (Å²) in [7, 11) is 0. The fourth-order valence-corrected chi connectivity index (χ4v) is 1.72. The van der Waals surface area contributed by atoms with Crippen molar-refractivity contribution >= 4 is 17.8 Å². The molecule has 0 atom stereocenters. The van der Waals surface area contributed by atoms with Crippen molar-refractivity contribution < 1.29 is 9.53 Å². The predicted octanol–water partition coefficient (Wildman–Crippen LogP) is 0.913. The SMILES string of the molecule is CCCOc1nc(N)nc(NCCC(=O)N(CC)CC)n1. The summed E-state index contributed by atoms with van der Waals surface area (Å²) in [6.45, 7) is 8.28. The fraction of sp³-hybridized carbons (Fsp3) is 0.692. The van der Waals surface area contributed by atoms with Crippen LogP contribution in [0.1, 0.15) is 33.6 Å². The van der Waals surface area contributed by atoms with E-state index >= 15 is 0 Å². The van der Waals surface area contributed by atoms with Crippen LogP contribution in [0.2, 0.25) is 0 Å². The van der Waals surface area contributed by atoms with Gasteiger partial charge in [0, 0.05) is 26.1 Å². The molecule has 1 rings (SSSR count). The van der Waals surface area contributed by atoms with Crippen LogP contribution in [0.25, 0.3) is 0 Å². The Balaban J connectivity index is 2.51. The highest BCUT2D eigenvalue weighted by molar-refractivity contribution is 5.76. The van der Waals surface area contributed by atoms with Crippen LogP contribution in [-0.2, 0) is 4.79 Å². The maximum Gasteiger partial charge on any atom is 0.323 e. The quantitative estimate of drug-likeness (QED) is 0.697. The number of hydrogen-bond donors (Lipinski definition) is 2. The number of nitrogens with two attached hydrogens (primary N) is 1. The number of hydrogen-bond acceptors (Lipinski definition) is 7. The van der Waals surface area contributed by atoms with E-state index in [1.807, 2.05) is 20.8 Å². The maximum absolute atomic E-state index is 11.9. The van der Waals surface area contributed by atoms with Crippen LogP contribution in [0.4, 0.5) is 11.9 Å². The summed E-state index contributed by atoms with van der Waals surface area (Å²) in [5, 5.41) is 2.97. The number of amides is 1. The average molecular weight is 296 g/mol. The zero-order valence-corrected chi connectivity index (χ0v) is 12.9. The van der Waals surface area contributed by atoms with Crippen LogP contribution in [0.5, 0.6) is 6.01 Å². The van der Waals surface area contributed by atoms with E-state index in [4.69, 9.17) is 10.5 Å². The Kier molecular flexibility index (Phi) is 7.20. The van der Waals surface area contributed by atoms with Crippen molar-refractivity contribution in [3.8, 4) is 6.01 Å². The average Bonchev–Trinajstić information content (AvgIpc) is 2.46. The Morgan fingerprint density at radius 2 is 1.95 bits per heavy atom. The zero-order valence-electron chi connectivity index (χ0n) is 12.9. The number of carbonyl (C=O) groups is 1. The van der Waals surface area contributed by atoms with Gasteiger partial charge in [-0.3, -0.25) is 4.79 Å². The van der Waals surface area contributed by atoms with Crippen LogP contribution in [0.3, 0.4) is 0 Å². The first-order valence-electron chi connectivity index (χ1n) is 7.26. The molecule has 0 unspecified atom stereocenters. The Labute approximate surface area is 125 Å². The van der Waals surface area contributed by atoms with Gasteiger partial charge in [-0.1, -0.05) is 6.92 Å². The molecule has 0 bridgehead atoms. The lowest BCUT2D eigenvalue weighted by atomic mass is 10.3. The second-order valence-corrected chi connectivity index (χ2v) is 4.39. The summed E-state index contributed by atoms with van der Waals surface area (Å²) >= 11 is 0. The van der Waals surface area contributed by atoms with Gasteiger partial charge in [0.1, 0.15) is 0 Å². The summed E-state index contributed by atoms with van der Waals surface area (Å²) < 4.78 is 5.32. The van der Waals surface area contributed by atoms with E-state index in [0.717, 1.165) is 6.42 Å². The molecule has 0 radical (unpaired) electrons. The van der Waals surface area contributed by atoms with Crippen LogP contribution in [-0.4, -0.2) is 52.0 Å². The fourth-order valence-electron chi connectivity index (χ4n) is 1.72. The van der Waals surface area contributed by atoms with Gasteiger partial charge >= 0.3 is 6.01 Å². The lowest BCUT2D eigenvalue weighted by Crippen LogP contribution is -2.31. The molecule has 0 aliphatic rings. The summed E-state index contributed by atoms with van der Waals surface area (Å²) in [6, 6.07) is 0.196. The molecular formula is C13H24N6O2. The Morgan fingerprint density at radius 3 is 2.57 bits per heavy atom. The highest BCUT2D eigenvalue weighted by Gasteiger charge is 2.10. The van der Waals surface area contributed by atoms with Gasteiger partial charge in [0.15, 0.2) is 0 Å². The molecule has 1 amide bonds. The van der Waals surface area contributed by atoms with Crippen LogP contribution >= 0.6 is 0 Å². The monoisotopic (exact) mass is 296 g/mol. The van der Waals surface area contributed by atoms with Gasteiger partial charge in [0.05, 0.1) is 6.61 Å². The normalized spacial score (nSPS) is 10.2. The molecule has 1 aromatic rings. The number of nitrogen functional groups attached to an aromatic ring is 1. The first kappa shape index (κ1) is 16.9. The molecule has 8 heteroatoms. The third-order valence-electron chi connectivity index (χ3n) is 2.81. The van der Waals surface area contributed by atoms with Crippen LogP contribution in [0.15, 0.2) is 0 Å². The Bertz CT molecular complexity index is 450. The number of aromatic nitrogens is 3. The van der Waals surface area contributed by atoms with Gasteiger partial charge in [-0.25, -0.2) is 0 Å². The molecular weight excluding hydrogens is 272 g/mol. The van der Waals surface area contributed by atoms with Gasteiger partial charge in [0.2, 0.25) is 17.8 Å². The van der Waals surface area contributed by atoms with Crippen molar-refractivity contribution in [3.05, 3.63) is 0 Å². The highest BCUT2D eigenvalue weighted by atomic mass is 16.5. The molecule has 0 fully saturated rings. The molecule has 0 spiro atoms. The number of rotatable bonds is 9. The summed E-state index contributed by atoms with van der Waals surface area (Å²) in [6.07, 6.45) is 1.23. The van der Waals surface area contributed by atoms with Crippen molar-refractivity contribution in [2.24, 2.45) is 0 Å². The molecule has 0 aliphatic carbocycles. The van der Waals surface area contributed by atoms with Crippen molar-refractivity contribution in [1.82, 2.24) is 19.9 Å². The number of ether oxygens (including phenoxy) is 1. The molecule has 3 N–H and O–H groups in total. The molecule has 0 saturated heterocycles. The highest BCUT2D eigenvalue weighted by Crippen LogP contribution is 2.09. The zero-order chi connectivity index (χ0) is 15.7. The van der Waals surface area contributed by atoms with E-state index in [1.54, 1.807) is 4.90 Å². The van der Waals surface area contributed by atoms with E-state index < -0.39 is 0 Å². The van der Waals surface area contributed by atoms with Gasteiger partial charge < -0.3 is 20.7 Å². The minimum absolute atomic E-state index is 0.0914. The van der Waals surface area contributed by atoms with Crippen molar-refractivity contribution in [2.45, 2.75) is 33.6 Å². The summed E-state index contributed by atoms with van der Waals surface area (Å²) in [5.41, 5.74) is 5.60. The van der Waals surface area contributed by atoms with E-state index in [-0.39, 0.29) is 17.9 Å². The van der Waals surface area contributed by atoms with Gasteiger partial charge in [0.25, 0.3) is 0 Å². The van der Waals surface area contributed by atoms with E-state index in [2.05, 4.69) is 20.3 Å². The molecule has 118 valence electrons. The molecule has 1 aromatic heterocycles. The largest absolute Gasteiger partial charge is 0.463 e. The minimum Gasteiger partial charge on any atom is -0.463 e. The topological polar surface area (TPSA) is 106 Å². The number of carbonyl (C=O) groups excluding carboxylic acids is 1. The summed E-state index contributed by atoms with van der Waals surface area (Å²) in [4.78, 5) is 25.6. The third kappa shape index (κ3) is 5.80. The van der Waals surface area contributed by atoms with Gasteiger partial charge in [-0.05, 0) is 20.3 Å². The first-order valence-corrected chi connectivity index (χ1v) is 7.26. The van der Waals surface area contributed by atoms with Gasteiger partial charge in [-0.15, -0.1) is 0 Å². The van der Waals surface area contributed by atoms with Crippen molar-refractivity contribution in [3.63, 3.8) is 0 Å². The number of nitrogens with zero attached hydrogens (tertiary/aromatic N) is 4. The predicted molar refractivity (Wildman–Crippen MR) is 81.1 cm³/mol. The maximum atomic E-state index is 11.9. The van der Waals surface area contributed by atoms with Crippen molar-refractivity contribution in [2.75, 3.05) is 37.3 Å². The second kappa shape index (κ2) is 8.93. The van der Waals surface area contributed by atoms with E-state index in [9.17, 15) is 4.79 Å². The molecule has 21 heavy (non-hydrogen) atoms. The third-order valence-corrected chi connectivity index (χ3v) is 2.81. The van der Waals surface area contributed by atoms with Crippen LogP contribution < -0.4 is 15.8 Å². The minimum atomic E-state index is 0.0914. The lowest BCUT2D eigenvalue weighted by Gasteiger charge is -2.18. The Hall–Kier alpha value is -2.12. The molecule has 8 nitrogen and oxygen atoms in total. The van der Waals surface area contributed by atoms with E-state index in [1.165, 1.54) is 0 Å².